The van der Waals surface area contributed by atoms with Gasteiger partial charge in [-0.05, 0) is 32.0 Å². The molecule has 18 heavy (non-hydrogen) atoms. The summed E-state index contributed by atoms with van der Waals surface area (Å²) in [5.41, 5.74) is -0.342. The highest BCUT2D eigenvalue weighted by molar-refractivity contribution is 5.96. The van der Waals surface area contributed by atoms with Crippen LogP contribution in [0.15, 0.2) is 23.6 Å². The third kappa shape index (κ3) is 1.42. The summed E-state index contributed by atoms with van der Waals surface area (Å²) in [6.07, 6.45) is 5.78. The van der Waals surface area contributed by atoms with Gasteiger partial charge in [0.25, 0.3) is 0 Å². The number of rotatable bonds is 1. The molecule has 4 aliphatic rings. The first-order valence-corrected chi connectivity index (χ1v) is 6.40. The quantitative estimate of drug-likeness (QED) is 0.764. The maximum atomic E-state index is 5.74. The lowest BCUT2D eigenvalue weighted by molar-refractivity contribution is -0.148. The van der Waals surface area contributed by atoms with E-state index in [9.17, 15) is 0 Å². The van der Waals surface area contributed by atoms with E-state index in [4.69, 9.17) is 4.84 Å². The van der Waals surface area contributed by atoms with Gasteiger partial charge < -0.3 is 10.2 Å². The first-order chi connectivity index (χ1) is 8.86. The molecule has 2 bridgehead atoms. The Labute approximate surface area is 105 Å². The molecule has 0 saturated carbocycles. The Morgan fingerprint density at radius 2 is 2.06 bits per heavy atom. The number of hydrogen-bond donors (Lipinski definition) is 1. The van der Waals surface area contributed by atoms with E-state index in [-0.39, 0.29) is 5.72 Å². The van der Waals surface area contributed by atoms with E-state index in [0.717, 1.165) is 6.54 Å². The number of fused-ring (bicyclic) bond motifs is 2. The zero-order valence-electron chi connectivity index (χ0n) is 10.0. The second kappa shape index (κ2) is 3.65. The summed E-state index contributed by atoms with van der Waals surface area (Å²) in [5, 5.41) is 7.57. The van der Waals surface area contributed by atoms with Crippen LogP contribution >= 0.6 is 0 Å². The lowest BCUT2D eigenvalue weighted by atomic mass is 9.81. The molecule has 5 rings (SSSR count). The maximum absolute atomic E-state index is 5.74. The van der Waals surface area contributed by atoms with Gasteiger partial charge in [-0.25, -0.2) is 9.97 Å². The van der Waals surface area contributed by atoms with Gasteiger partial charge in [0.15, 0.2) is 5.82 Å². The van der Waals surface area contributed by atoms with Gasteiger partial charge in [-0.15, -0.1) is 0 Å². The van der Waals surface area contributed by atoms with Gasteiger partial charge >= 0.3 is 0 Å². The lowest BCUT2D eigenvalue weighted by Crippen LogP contribution is -2.65. The van der Waals surface area contributed by atoms with Crippen molar-refractivity contribution in [3.8, 4) is 0 Å². The average Bonchev–Trinajstić information content (AvgIpc) is 2.85. The highest BCUT2D eigenvalue weighted by Crippen LogP contribution is 2.38. The van der Waals surface area contributed by atoms with Gasteiger partial charge in [0.2, 0.25) is 11.6 Å². The van der Waals surface area contributed by atoms with Crippen molar-refractivity contribution in [3.63, 3.8) is 0 Å². The molecule has 0 aliphatic carbocycles. The zero-order chi connectivity index (χ0) is 12.0. The van der Waals surface area contributed by atoms with E-state index >= 15 is 0 Å². The van der Waals surface area contributed by atoms with Gasteiger partial charge in [0.05, 0.1) is 6.54 Å². The molecule has 1 atom stereocenters. The van der Waals surface area contributed by atoms with Crippen molar-refractivity contribution in [1.82, 2.24) is 20.2 Å². The zero-order valence-corrected chi connectivity index (χ0v) is 10.0. The molecular formula is C12H15N5O. The van der Waals surface area contributed by atoms with Crippen LogP contribution in [0.1, 0.15) is 18.7 Å². The second-order valence-corrected chi connectivity index (χ2v) is 5.17. The molecule has 0 amide bonds. The molecule has 3 saturated heterocycles. The minimum absolute atomic E-state index is 0.342. The van der Waals surface area contributed by atoms with E-state index < -0.39 is 0 Å². The molecule has 5 heterocycles. The van der Waals surface area contributed by atoms with Crippen molar-refractivity contribution in [2.45, 2.75) is 18.6 Å². The predicted molar refractivity (Wildman–Crippen MR) is 64.7 cm³/mol. The Bertz CT molecular complexity index is 483. The largest absolute Gasteiger partial charge is 0.363 e. The van der Waals surface area contributed by atoms with Gasteiger partial charge in [0, 0.05) is 18.3 Å². The van der Waals surface area contributed by atoms with Crippen LogP contribution < -0.4 is 5.32 Å². The summed E-state index contributed by atoms with van der Waals surface area (Å²) in [4.78, 5) is 16.6. The van der Waals surface area contributed by atoms with Crippen LogP contribution in [-0.4, -0.2) is 46.1 Å². The monoisotopic (exact) mass is 245 g/mol. The standard InChI is InChI=1S/C12H15N5O/c1-4-13-10(14-5-1)11-15-12(18-16-11)8-17-6-2-9(12)3-7-17/h1,4-5,9H,2-3,6-8H2,(H,15,16)/t12-/m1/s1. The fourth-order valence-electron chi connectivity index (χ4n) is 3.15. The molecule has 6 nitrogen and oxygen atoms in total. The number of nitrogens with zero attached hydrogens (tertiary/aromatic N) is 4. The first-order valence-electron chi connectivity index (χ1n) is 6.40. The number of amidine groups is 1. The lowest BCUT2D eigenvalue weighted by Gasteiger charge is -2.49. The maximum Gasteiger partial charge on any atom is 0.224 e. The molecule has 6 heteroatoms. The molecule has 94 valence electrons. The second-order valence-electron chi connectivity index (χ2n) is 5.17. The third-order valence-corrected chi connectivity index (χ3v) is 4.11. The SMILES string of the molecule is c1cnc(C2=NO[C@@]3(CN4CCC3CC4)N2)nc1. The highest BCUT2D eigenvalue weighted by atomic mass is 16.7. The number of oxime groups is 1. The van der Waals surface area contributed by atoms with Gasteiger partial charge in [-0.2, -0.15) is 0 Å². The molecule has 4 aliphatic heterocycles. The Hall–Kier alpha value is -1.69. The number of hydrogen-bond acceptors (Lipinski definition) is 6. The summed E-state index contributed by atoms with van der Waals surface area (Å²) >= 11 is 0. The molecule has 1 aromatic rings. The third-order valence-electron chi connectivity index (χ3n) is 4.11. The van der Waals surface area contributed by atoms with Crippen LogP contribution in [0.2, 0.25) is 0 Å². The summed E-state index contributed by atoms with van der Waals surface area (Å²) < 4.78 is 0. The van der Waals surface area contributed by atoms with Crippen molar-refractivity contribution in [2.24, 2.45) is 11.1 Å². The van der Waals surface area contributed by atoms with Crippen molar-refractivity contribution in [3.05, 3.63) is 24.3 Å². The summed E-state index contributed by atoms with van der Waals surface area (Å²) in [6, 6.07) is 1.80. The van der Waals surface area contributed by atoms with Crippen molar-refractivity contribution in [1.29, 1.82) is 0 Å². The van der Waals surface area contributed by atoms with Crippen LogP contribution in [0.5, 0.6) is 0 Å². The van der Waals surface area contributed by atoms with Crippen LogP contribution in [0, 0.1) is 5.92 Å². The fourth-order valence-corrected chi connectivity index (χ4v) is 3.15. The number of aromatic nitrogens is 2. The van der Waals surface area contributed by atoms with Crippen LogP contribution in [-0.2, 0) is 4.84 Å². The van der Waals surface area contributed by atoms with E-state index in [1.807, 2.05) is 0 Å². The minimum Gasteiger partial charge on any atom is -0.363 e. The smallest absolute Gasteiger partial charge is 0.224 e. The first kappa shape index (κ1) is 10.3. The van der Waals surface area contributed by atoms with E-state index in [2.05, 4.69) is 25.3 Å². The molecule has 0 aromatic carbocycles. The normalized spacial score (nSPS) is 37.2. The summed E-state index contributed by atoms with van der Waals surface area (Å²) in [7, 11) is 0. The fraction of sp³-hybridized carbons (Fsp3) is 0.583. The van der Waals surface area contributed by atoms with Crippen LogP contribution in [0.3, 0.4) is 0 Å². The number of piperidine rings is 3. The number of nitrogens with one attached hydrogen (secondary N) is 1. The molecule has 3 fully saturated rings. The van der Waals surface area contributed by atoms with E-state index in [0.29, 0.717) is 17.6 Å². The van der Waals surface area contributed by atoms with Crippen molar-refractivity contribution in [2.75, 3.05) is 19.6 Å². The van der Waals surface area contributed by atoms with Gasteiger partial charge in [-0.1, -0.05) is 5.16 Å². The average molecular weight is 245 g/mol. The summed E-state index contributed by atoms with van der Waals surface area (Å²) in [5.74, 6) is 1.79. The molecule has 1 N–H and O–H groups in total. The van der Waals surface area contributed by atoms with Crippen molar-refractivity contribution >= 4 is 5.84 Å². The Balaban J connectivity index is 1.59. The Morgan fingerprint density at radius 3 is 2.72 bits per heavy atom. The summed E-state index contributed by atoms with van der Waals surface area (Å²) in [6.45, 7) is 3.25. The van der Waals surface area contributed by atoms with Crippen LogP contribution in [0.25, 0.3) is 0 Å². The van der Waals surface area contributed by atoms with Gasteiger partial charge in [-0.3, -0.25) is 4.90 Å². The highest BCUT2D eigenvalue weighted by Gasteiger charge is 2.52. The van der Waals surface area contributed by atoms with Crippen molar-refractivity contribution < 1.29 is 4.84 Å². The predicted octanol–water partition coefficient (Wildman–Crippen LogP) is 0.180. The minimum atomic E-state index is -0.342. The molecule has 0 radical (unpaired) electrons. The molecular weight excluding hydrogens is 230 g/mol. The van der Waals surface area contributed by atoms with Gasteiger partial charge in [0.1, 0.15) is 0 Å². The topological polar surface area (TPSA) is 62.6 Å². The molecule has 1 aromatic heterocycles. The Kier molecular flexibility index (Phi) is 2.08. The molecule has 0 unspecified atom stereocenters. The van der Waals surface area contributed by atoms with Crippen LogP contribution in [0.4, 0.5) is 0 Å². The molecule has 1 spiro atoms. The van der Waals surface area contributed by atoms with E-state index in [1.54, 1.807) is 18.5 Å². The Morgan fingerprint density at radius 1 is 1.28 bits per heavy atom. The van der Waals surface area contributed by atoms with E-state index in [1.165, 1.54) is 25.9 Å².